The molecule has 6 nitrogen and oxygen atoms in total. The molecule has 2 N–H and O–H groups in total. The van der Waals surface area contributed by atoms with Crippen LogP contribution < -0.4 is 20.1 Å². The highest BCUT2D eigenvalue weighted by atomic mass is 35.5. The quantitative estimate of drug-likeness (QED) is 0.438. The molecular formula is C22H24ClN3O3. The first kappa shape index (κ1) is 22.1. The van der Waals surface area contributed by atoms with Gasteiger partial charge in [-0.25, -0.2) is 0 Å². The van der Waals surface area contributed by atoms with Crippen molar-refractivity contribution in [3.63, 3.8) is 0 Å². The van der Waals surface area contributed by atoms with E-state index in [-0.39, 0.29) is 5.57 Å². The van der Waals surface area contributed by atoms with Crippen LogP contribution in [0.25, 0.3) is 0 Å². The number of nitriles is 1. The fraction of sp³-hybridized carbons (Fsp3) is 0.273. The van der Waals surface area contributed by atoms with Gasteiger partial charge in [0.15, 0.2) is 0 Å². The monoisotopic (exact) mass is 413 g/mol. The van der Waals surface area contributed by atoms with Gasteiger partial charge < -0.3 is 20.1 Å². The number of amides is 1. The smallest absolute Gasteiger partial charge is 0.267 e. The van der Waals surface area contributed by atoms with E-state index in [0.717, 1.165) is 19.3 Å². The van der Waals surface area contributed by atoms with Crippen molar-refractivity contribution in [2.24, 2.45) is 0 Å². The zero-order valence-electron chi connectivity index (χ0n) is 16.7. The topological polar surface area (TPSA) is 83.4 Å². The fourth-order valence-electron chi connectivity index (χ4n) is 2.61. The number of hydrogen-bond donors (Lipinski definition) is 2. The highest BCUT2D eigenvalue weighted by Gasteiger charge is 2.12. The Labute approximate surface area is 176 Å². The van der Waals surface area contributed by atoms with Crippen molar-refractivity contribution in [1.29, 1.82) is 5.26 Å². The lowest BCUT2D eigenvalue weighted by atomic mass is 10.1. The third kappa shape index (κ3) is 6.16. The summed E-state index contributed by atoms with van der Waals surface area (Å²) in [6, 6.07) is 12.7. The van der Waals surface area contributed by atoms with Gasteiger partial charge in [0.2, 0.25) is 0 Å². The molecule has 0 fully saturated rings. The van der Waals surface area contributed by atoms with Gasteiger partial charge in [-0.05, 0) is 30.5 Å². The molecule has 29 heavy (non-hydrogen) atoms. The van der Waals surface area contributed by atoms with E-state index in [9.17, 15) is 10.1 Å². The molecule has 0 unspecified atom stereocenters. The van der Waals surface area contributed by atoms with Crippen molar-refractivity contribution >= 4 is 28.9 Å². The minimum absolute atomic E-state index is 0.0870. The summed E-state index contributed by atoms with van der Waals surface area (Å²) in [5.74, 6) is 0.378. The molecule has 0 aromatic heterocycles. The summed E-state index contributed by atoms with van der Waals surface area (Å²) in [7, 11) is 2.99. The van der Waals surface area contributed by atoms with E-state index in [2.05, 4.69) is 17.6 Å². The standard InChI is InChI=1S/C22H24ClN3O3/c1-4-5-6-15-7-9-17(10-8-15)26-22(27)16(13-24)14-25-19-12-20(28-2)18(23)11-21(19)29-3/h7-12,14,25H,4-6H2,1-3H3,(H,26,27)/b16-14-. The number of ether oxygens (including phenoxy) is 2. The van der Waals surface area contributed by atoms with Crippen LogP contribution in [0.4, 0.5) is 11.4 Å². The van der Waals surface area contributed by atoms with Crippen molar-refractivity contribution < 1.29 is 14.3 Å². The van der Waals surface area contributed by atoms with Gasteiger partial charge in [0, 0.05) is 24.0 Å². The number of nitrogens with one attached hydrogen (secondary N) is 2. The Morgan fingerprint density at radius 2 is 1.86 bits per heavy atom. The number of methoxy groups -OCH3 is 2. The van der Waals surface area contributed by atoms with Crippen LogP contribution in [0.15, 0.2) is 48.2 Å². The molecule has 0 aliphatic carbocycles. The Morgan fingerprint density at radius 1 is 1.17 bits per heavy atom. The van der Waals surface area contributed by atoms with Crippen molar-refractivity contribution in [3.8, 4) is 17.6 Å². The molecule has 0 heterocycles. The summed E-state index contributed by atoms with van der Waals surface area (Å²) in [6.07, 6.45) is 4.57. The van der Waals surface area contributed by atoms with E-state index in [1.54, 1.807) is 12.1 Å². The molecule has 2 aromatic rings. The Balaban J connectivity index is 2.11. The number of carbonyl (C=O) groups is 1. The van der Waals surface area contributed by atoms with Crippen LogP contribution in [0.1, 0.15) is 25.3 Å². The van der Waals surface area contributed by atoms with Crippen LogP contribution in [0.2, 0.25) is 5.02 Å². The van der Waals surface area contributed by atoms with Gasteiger partial charge in [0.25, 0.3) is 5.91 Å². The molecule has 1 amide bonds. The number of anilines is 2. The maximum atomic E-state index is 12.4. The maximum absolute atomic E-state index is 12.4. The third-order valence-corrected chi connectivity index (χ3v) is 4.54. The van der Waals surface area contributed by atoms with Gasteiger partial charge in [-0.15, -0.1) is 0 Å². The molecule has 2 rings (SSSR count). The average molecular weight is 414 g/mol. The number of hydrogen-bond acceptors (Lipinski definition) is 5. The van der Waals surface area contributed by atoms with E-state index in [1.807, 2.05) is 30.3 Å². The Kier molecular flexibility index (Phi) is 8.38. The summed E-state index contributed by atoms with van der Waals surface area (Å²) < 4.78 is 10.5. The molecule has 0 radical (unpaired) electrons. The summed E-state index contributed by atoms with van der Waals surface area (Å²) >= 11 is 6.09. The number of rotatable bonds is 9. The minimum atomic E-state index is -0.513. The van der Waals surface area contributed by atoms with Gasteiger partial charge >= 0.3 is 0 Å². The van der Waals surface area contributed by atoms with Crippen LogP contribution in [0, 0.1) is 11.3 Å². The van der Waals surface area contributed by atoms with Gasteiger partial charge in [-0.1, -0.05) is 37.1 Å². The zero-order valence-corrected chi connectivity index (χ0v) is 17.5. The van der Waals surface area contributed by atoms with Crippen LogP contribution in [-0.4, -0.2) is 20.1 Å². The molecule has 0 saturated carbocycles. The predicted molar refractivity (Wildman–Crippen MR) is 116 cm³/mol. The van der Waals surface area contributed by atoms with Gasteiger partial charge in [-0.2, -0.15) is 5.26 Å². The Bertz CT molecular complexity index is 918. The van der Waals surface area contributed by atoms with E-state index >= 15 is 0 Å². The van der Waals surface area contributed by atoms with Gasteiger partial charge in [-0.3, -0.25) is 4.79 Å². The van der Waals surface area contributed by atoms with Crippen molar-refractivity contribution in [2.45, 2.75) is 26.2 Å². The second kappa shape index (κ2) is 11.0. The van der Waals surface area contributed by atoms with Crippen molar-refractivity contribution in [2.75, 3.05) is 24.9 Å². The molecule has 0 atom stereocenters. The van der Waals surface area contributed by atoms with Crippen LogP contribution in [0.5, 0.6) is 11.5 Å². The lowest BCUT2D eigenvalue weighted by Crippen LogP contribution is -2.14. The lowest BCUT2D eigenvalue weighted by molar-refractivity contribution is -0.112. The summed E-state index contributed by atoms with van der Waals surface area (Å²) in [5.41, 5.74) is 2.26. The Hall–Kier alpha value is -3.17. The lowest BCUT2D eigenvalue weighted by Gasteiger charge is -2.12. The van der Waals surface area contributed by atoms with E-state index in [4.69, 9.17) is 21.1 Å². The normalized spacial score (nSPS) is 10.8. The third-order valence-electron chi connectivity index (χ3n) is 4.24. The molecule has 2 aromatic carbocycles. The minimum Gasteiger partial charge on any atom is -0.495 e. The first-order valence-corrected chi connectivity index (χ1v) is 9.58. The molecule has 0 spiro atoms. The largest absolute Gasteiger partial charge is 0.495 e. The number of nitrogens with zero attached hydrogens (tertiary/aromatic N) is 1. The number of halogens is 1. The first-order chi connectivity index (χ1) is 14.0. The van der Waals surface area contributed by atoms with Crippen LogP contribution >= 0.6 is 11.6 Å². The second-order valence-electron chi connectivity index (χ2n) is 6.26. The highest BCUT2D eigenvalue weighted by Crippen LogP contribution is 2.35. The highest BCUT2D eigenvalue weighted by molar-refractivity contribution is 6.32. The molecule has 152 valence electrons. The van der Waals surface area contributed by atoms with E-state index in [0.29, 0.717) is 27.9 Å². The van der Waals surface area contributed by atoms with Crippen LogP contribution in [-0.2, 0) is 11.2 Å². The summed E-state index contributed by atoms with van der Waals surface area (Å²) in [6.45, 7) is 2.15. The maximum Gasteiger partial charge on any atom is 0.267 e. The van der Waals surface area contributed by atoms with E-state index in [1.165, 1.54) is 26.0 Å². The average Bonchev–Trinajstić information content (AvgIpc) is 2.74. The second-order valence-corrected chi connectivity index (χ2v) is 6.66. The molecule has 0 aliphatic heterocycles. The molecule has 7 heteroatoms. The van der Waals surface area contributed by atoms with Crippen molar-refractivity contribution in [3.05, 3.63) is 58.8 Å². The molecular weight excluding hydrogens is 390 g/mol. The zero-order chi connectivity index (χ0) is 21.2. The predicted octanol–water partition coefficient (Wildman–Crippen LogP) is 5.16. The number of unbranched alkanes of at least 4 members (excludes halogenated alkanes) is 1. The molecule has 0 bridgehead atoms. The molecule has 0 saturated heterocycles. The summed E-state index contributed by atoms with van der Waals surface area (Å²) in [4.78, 5) is 12.4. The number of carbonyl (C=O) groups excluding carboxylic acids is 1. The number of benzene rings is 2. The van der Waals surface area contributed by atoms with E-state index < -0.39 is 5.91 Å². The Morgan fingerprint density at radius 3 is 2.45 bits per heavy atom. The van der Waals surface area contributed by atoms with Gasteiger partial charge in [0.05, 0.1) is 24.9 Å². The van der Waals surface area contributed by atoms with Gasteiger partial charge in [0.1, 0.15) is 23.1 Å². The van der Waals surface area contributed by atoms with Crippen molar-refractivity contribution in [1.82, 2.24) is 0 Å². The fourth-order valence-corrected chi connectivity index (χ4v) is 2.84. The molecule has 0 aliphatic rings. The van der Waals surface area contributed by atoms with Crippen LogP contribution in [0.3, 0.4) is 0 Å². The summed E-state index contributed by atoms with van der Waals surface area (Å²) in [5, 5.41) is 15.4. The number of aryl methyl sites for hydroxylation is 1. The first-order valence-electron chi connectivity index (χ1n) is 9.21. The SMILES string of the molecule is CCCCc1ccc(NC(=O)/C(C#N)=C\Nc2cc(OC)c(Cl)cc2OC)cc1.